The molecule has 0 saturated heterocycles. The lowest BCUT2D eigenvalue weighted by atomic mass is 10.1. The first-order valence-electron chi connectivity index (χ1n) is 8.57. The highest BCUT2D eigenvalue weighted by atomic mass is 16.5. The number of benzene rings is 1. The summed E-state index contributed by atoms with van der Waals surface area (Å²) in [6.45, 7) is 2.32. The molecule has 0 fully saturated rings. The number of hydrogen-bond donors (Lipinski definition) is 1. The molecule has 1 unspecified atom stereocenters. The Hall–Kier alpha value is -3.36. The smallest absolute Gasteiger partial charge is 0.332 e. The van der Waals surface area contributed by atoms with Crippen LogP contribution in [0.2, 0.25) is 0 Å². The zero-order valence-electron chi connectivity index (χ0n) is 15.2. The molecule has 9 nitrogen and oxygen atoms in total. The summed E-state index contributed by atoms with van der Waals surface area (Å²) in [6, 6.07) is 4.85. The first kappa shape index (κ1) is 17.1. The van der Waals surface area contributed by atoms with Gasteiger partial charge in [0.15, 0.2) is 11.2 Å². The molecule has 0 radical (unpaired) electrons. The number of nitrogens with one attached hydrogen (secondary N) is 1. The van der Waals surface area contributed by atoms with Crippen molar-refractivity contribution in [1.82, 2.24) is 18.7 Å². The second-order valence-corrected chi connectivity index (χ2v) is 6.62. The molecule has 0 bridgehead atoms. The zero-order valence-corrected chi connectivity index (χ0v) is 15.2. The molecule has 0 spiro atoms. The van der Waals surface area contributed by atoms with E-state index in [0.29, 0.717) is 12.3 Å². The van der Waals surface area contributed by atoms with Crippen molar-refractivity contribution < 1.29 is 9.53 Å². The lowest BCUT2D eigenvalue weighted by molar-refractivity contribution is -0.118. The Morgan fingerprint density at radius 2 is 2.04 bits per heavy atom. The number of imidazole rings is 1. The molecule has 9 heteroatoms. The Bertz CT molecular complexity index is 1190. The molecule has 1 N–H and O–H groups in total. The van der Waals surface area contributed by atoms with Gasteiger partial charge in [0.1, 0.15) is 11.8 Å². The number of carbonyl (C=O) groups is 1. The summed E-state index contributed by atoms with van der Waals surface area (Å²) in [4.78, 5) is 41.4. The number of aryl methyl sites for hydroxylation is 1. The van der Waals surface area contributed by atoms with E-state index in [4.69, 9.17) is 4.74 Å². The standard InChI is InChI=1S/C18H19N5O4/c1-10(16(24)20-12-5-4-11-6-7-27-13(11)8-12)23-9-19-15-14(23)17(25)22(3)18(26)21(15)2/h4-5,8-10H,6-7H2,1-3H3,(H,20,24). The van der Waals surface area contributed by atoms with Crippen molar-refractivity contribution in [3.63, 3.8) is 0 Å². The van der Waals surface area contributed by atoms with Crippen molar-refractivity contribution in [3.8, 4) is 5.75 Å². The zero-order chi connectivity index (χ0) is 19.3. The van der Waals surface area contributed by atoms with Gasteiger partial charge in [0.2, 0.25) is 5.91 Å². The highest BCUT2D eigenvalue weighted by molar-refractivity contribution is 5.94. The number of fused-ring (bicyclic) bond motifs is 2. The van der Waals surface area contributed by atoms with E-state index < -0.39 is 17.3 Å². The molecule has 3 aromatic rings. The molecule has 1 amide bonds. The molecule has 140 valence electrons. The highest BCUT2D eigenvalue weighted by Crippen LogP contribution is 2.28. The van der Waals surface area contributed by atoms with Crippen LogP contribution in [-0.4, -0.2) is 31.2 Å². The molecule has 2 aromatic heterocycles. The van der Waals surface area contributed by atoms with Gasteiger partial charge in [0.05, 0.1) is 12.9 Å². The Kier molecular flexibility index (Phi) is 3.87. The van der Waals surface area contributed by atoms with E-state index >= 15 is 0 Å². The van der Waals surface area contributed by atoms with Crippen LogP contribution in [0.3, 0.4) is 0 Å². The van der Waals surface area contributed by atoms with Gasteiger partial charge in [0, 0.05) is 32.3 Å². The molecule has 0 saturated carbocycles. The van der Waals surface area contributed by atoms with Gasteiger partial charge in [-0.1, -0.05) is 6.07 Å². The summed E-state index contributed by atoms with van der Waals surface area (Å²) < 4.78 is 9.29. The van der Waals surface area contributed by atoms with Crippen LogP contribution >= 0.6 is 0 Å². The largest absolute Gasteiger partial charge is 0.493 e. The van der Waals surface area contributed by atoms with Gasteiger partial charge in [0.25, 0.3) is 5.56 Å². The van der Waals surface area contributed by atoms with Crippen LogP contribution in [0.4, 0.5) is 5.69 Å². The fraction of sp³-hybridized carbons (Fsp3) is 0.333. The first-order chi connectivity index (χ1) is 12.9. The van der Waals surface area contributed by atoms with Crippen LogP contribution in [0.5, 0.6) is 5.75 Å². The molecule has 0 aliphatic carbocycles. The first-order valence-corrected chi connectivity index (χ1v) is 8.57. The minimum absolute atomic E-state index is 0.208. The normalized spacial score (nSPS) is 14.0. The second kappa shape index (κ2) is 6.11. The van der Waals surface area contributed by atoms with Gasteiger partial charge < -0.3 is 14.6 Å². The molecule has 27 heavy (non-hydrogen) atoms. The van der Waals surface area contributed by atoms with Crippen LogP contribution in [0.15, 0.2) is 34.1 Å². The minimum Gasteiger partial charge on any atom is -0.493 e. The second-order valence-electron chi connectivity index (χ2n) is 6.62. The van der Waals surface area contributed by atoms with Crippen molar-refractivity contribution in [2.45, 2.75) is 19.4 Å². The van der Waals surface area contributed by atoms with Crippen molar-refractivity contribution in [2.75, 3.05) is 11.9 Å². The van der Waals surface area contributed by atoms with Gasteiger partial charge in [-0.2, -0.15) is 0 Å². The van der Waals surface area contributed by atoms with E-state index in [2.05, 4.69) is 10.3 Å². The topological polar surface area (TPSA) is 100 Å². The summed E-state index contributed by atoms with van der Waals surface area (Å²) in [6.07, 6.45) is 2.27. The maximum absolute atomic E-state index is 12.7. The average molecular weight is 369 g/mol. The van der Waals surface area contributed by atoms with E-state index in [1.54, 1.807) is 13.0 Å². The van der Waals surface area contributed by atoms with Crippen LogP contribution in [0.1, 0.15) is 18.5 Å². The number of rotatable bonds is 3. The summed E-state index contributed by atoms with van der Waals surface area (Å²) in [5.74, 6) is 0.473. The number of hydrogen-bond acceptors (Lipinski definition) is 5. The van der Waals surface area contributed by atoms with Crippen LogP contribution in [0, 0.1) is 0 Å². The molecular weight excluding hydrogens is 350 g/mol. The molecule has 1 atom stereocenters. The lowest BCUT2D eigenvalue weighted by Gasteiger charge is -2.15. The third-order valence-corrected chi connectivity index (χ3v) is 4.93. The van der Waals surface area contributed by atoms with Gasteiger partial charge >= 0.3 is 5.69 Å². The van der Waals surface area contributed by atoms with Crippen molar-refractivity contribution in [1.29, 1.82) is 0 Å². The van der Waals surface area contributed by atoms with Gasteiger partial charge in [-0.05, 0) is 18.6 Å². The van der Waals surface area contributed by atoms with Gasteiger partial charge in [-0.25, -0.2) is 9.78 Å². The van der Waals surface area contributed by atoms with Crippen molar-refractivity contribution in [3.05, 3.63) is 50.9 Å². The van der Waals surface area contributed by atoms with Crippen molar-refractivity contribution >= 4 is 22.8 Å². The fourth-order valence-corrected chi connectivity index (χ4v) is 3.27. The van der Waals surface area contributed by atoms with E-state index in [1.807, 2.05) is 12.1 Å². The monoisotopic (exact) mass is 369 g/mol. The Morgan fingerprint density at radius 1 is 1.26 bits per heavy atom. The summed E-state index contributed by atoms with van der Waals surface area (Å²) >= 11 is 0. The average Bonchev–Trinajstić information content (AvgIpc) is 3.30. The van der Waals surface area contributed by atoms with E-state index in [0.717, 1.165) is 22.3 Å². The number of ether oxygens (including phenoxy) is 1. The molecule has 4 rings (SSSR count). The lowest BCUT2D eigenvalue weighted by Crippen LogP contribution is -2.38. The Labute approximate surface area is 153 Å². The number of aromatic nitrogens is 4. The van der Waals surface area contributed by atoms with E-state index in [-0.39, 0.29) is 17.1 Å². The maximum Gasteiger partial charge on any atom is 0.332 e. The summed E-state index contributed by atoms with van der Waals surface area (Å²) in [5, 5.41) is 2.84. The number of amides is 1. The number of anilines is 1. The summed E-state index contributed by atoms with van der Waals surface area (Å²) in [7, 11) is 2.94. The third kappa shape index (κ3) is 2.62. The third-order valence-electron chi connectivity index (χ3n) is 4.93. The number of carbonyl (C=O) groups excluding carboxylic acids is 1. The predicted octanol–water partition coefficient (Wildman–Crippen LogP) is 0.568. The Balaban J connectivity index is 1.68. The number of nitrogens with zero attached hydrogens (tertiary/aromatic N) is 4. The molecule has 1 aliphatic rings. The van der Waals surface area contributed by atoms with Crippen LogP contribution < -0.4 is 21.3 Å². The fourth-order valence-electron chi connectivity index (χ4n) is 3.27. The molecule has 3 heterocycles. The highest BCUT2D eigenvalue weighted by Gasteiger charge is 2.22. The quantitative estimate of drug-likeness (QED) is 0.727. The van der Waals surface area contributed by atoms with E-state index in [1.165, 1.54) is 29.6 Å². The SMILES string of the molecule is CC(C(=O)Nc1ccc2c(c1)OCC2)n1cnc2c1c(=O)n(C)c(=O)n2C. The molecule has 1 aliphatic heterocycles. The van der Waals surface area contributed by atoms with Crippen LogP contribution in [0.25, 0.3) is 11.2 Å². The molecule has 1 aromatic carbocycles. The van der Waals surface area contributed by atoms with Crippen LogP contribution in [-0.2, 0) is 25.3 Å². The molecular formula is C18H19N5O4. The Morgan fingerprint density at radius 3 is 2.81 bits per heavy atom. The minimum atomic E-state index is -0.700. The maximum atomic E-state index is 12.7. The summed E-state index contributed by atoms with van der Waals surface area (Å²) in [5.41, 5.74) is 1.24. The van der Waals surface area contributed by atoms with Crippen molar-refractivity contribution in [2.24, 2.45) is 14.1 Å². The van der Waals surface area contributed by atoms with Gasteiger partial charge in [-0.3, -0.25) is 18.7 Å². The van der Waals surface area contributed by atoms with Gasteiger partial charge in [-0.15, -0.1) is 0 Å². The predicted molar refractivity (Wildman–Crippen MR) is 99.2 cm³/mol. The van der Waals surface area contributed by atoms with E-state index in [9.17, 15) is 14.4 Å².